The molecule has 1 aromatic carbocycles. The fourth-order valence-electron chi connectivity index (χ4n) is 1.95. The average Bonchev–Trinajstić information content (AvgIpc) is 2.40. The molecule has 1 N–H and O–H groups in total. The van der Waals surface area contributed by atoms with Crippen LogP contribution in [0, 0.1) is 0 Å². The maximum Gasteiger partial charge on any atom is 0.411 e. The Balaban J connectivity index is 2.17. The lowest BCUT2D eigenvalue weighted by Crippen LogP contribution is -2.43. The van der Waals surface area contributed by atoms with E-state index in [1.807, 2.05) is 0 Å². The lowest BCUT2D eigenvalue weighted by Gasteiger charge is -2.33. The second-order valence-corrected chi connectivity index (χ2v) is 4.07. The van der Waals surface area contributed by atoms with Crippen molar-refractivity contribution in [3.05, 3.63) is 24.3 Å². The summed E-state index contributed by atoms with van der Waals surface area (Å²) in [6.07, 6.45) is -1.75. The minimum Gasteiger partial charge on any atom is -0.450 e. The van der Waals surface area contributed by atoms with Crippen molar-refractivity contribution in [3.63, 3.8) is 0 Å². The van der Waals surface area contributed by atoms with Crippen LogP contribution in [0.2, 0.25) is 0 Å². The molecule has 1 aliphatic rings. The lowest BCUT2D eigenvalue weighted by molar-refractivity contribution is 0.0497. The van der Waals surface area contributed by atoms with Crippen molar-refractivity contribution in [2.45, 2.75) is 13.2 Å². The molecule has 5 nitrogen and oxygen atoms in total. The Morgan fingerprint density at radius 2 is 2.37 bits per heavy atom. The van der Waals surface area contributed by atoms with Gasteiger partial charge in [-0.15, -0.1) is 0 Å². The van der Waals surface area contributed by atoms with E-state index in [0.29, 0.717) is 24.5 Å². The number of para-hydroxylation sites is 2. The number of carbonyl (C=O) groups is 1. The Bertz CT molecular complexity index is 442. The maximum absolute atomic E-state index is 13.9. The minimum absolute atomic E-state index is 0.0355. The van der Waals surface area contributed by atoms with Gasteiger partial charge in [-0.3, -0.25) is 5.32 Å². The lowest BCUT2D eigenvalue weighted by atomic mass is 10.2. The fraction of sp³-hybridized carbons (Fsp3) is 0.462. The van der Waals surface area contributed by atoms with Crippen LogP contribution in [0.3, 0.4) is 0 Å². The van der Waals surface area contributed by atoms with Gasteiger partial charge in [0.05, 0.1) is 31.2 Å². The van der Waals surface area contributed by atoms with Crippen molar-refractivity contribution in [2.24, 2.45) is 0 Å². The Kier molecular flexibility index (Phi) is 4.57. The van der Waals surface area contributed by atoms with Crippen molar-refractivity contribution >= 4 is 17.5 Å². The molecule has 0 bridgehead atoms. The third-order valence-electron chi connectivity index (χ3n) is 2.80. The van der Waals surface area contributed by atoms with E-state index in [1.165, 1.54) is 0 Å². The molecule has 1 saturated heterocycles. The SMILES string of the molecule is CCOC(=O)Nc1ccccc1N1CCOCC1F. The van der Waals surface area contributed by atoms with Crippen LogP contribution in [-0.4, -0.2) is 38.8 Å². The summed E-state index contributed by atoms with van der Waals surface area (Å²) in [4.78, 5) is 13.0. The van der Waals surface area contributed by atoms with E-state index in [2.05, 4.69) is 5.32 Å². The molecule has 0 saturated carbocycles. The number of carbonyl (C=O) groups excluding carboxylic acids is 1. The quantitative estimate of drug-likeness (QED) is 0.855. The van der Waals surface area contributed by atoms with E-state index >= 15 is 0 Å². The molecule has 1 aromatic rings. The summed E-state index contributed by atoms with van der Waals surface area (Å²) in [5.41, 5.74) is 1.16. The van der Waals surface area contributed by atoms with Crippen molar-refractivity contribution in [1.29, 1.82) is 0 Å². The van der Waals surface area contributed by atoms with Gasteiger partial charge >= 0.3 is 6.09 Å². The number of hydrogen-bond donors (Lipinski definition) is 1. The first-order chi connectivity index (χ1) is 9.22. The molecule has 1 amide bonds. The predicted octanol–water partition coefficient (Wildman–Crippen LogP) is 2.39. The minimum atomic E-state index is -1.21. The van der Waals surface area contributed by atoms with E-state index in [0.717, 1.165) is 0 Å². The van der Waals surface area contributed by atoms with Crippen LogP contribution >= 0.6 is 0 Å². The highest BCUT2D eigenvalue weighted by molar-refractivity contribution is 5.89. The third kappa shape index (κ3) is 3.35. The molecule has 0 spiro atoms. The van der Waals surface area contributed by atoms with Gasteiger partial charge in [0, 0.05) is 6.54 Å². The molecule has 0 radical (unpaired) electrons. The molecule has 6 heteroatoms. The summed E-state index contributed by atoms with van der Waals surface area (Å²) in [6.45, 7) is 2.97. The molecule has 1 aliphatic heterocycles. The van der Waals surface area contributed by atoms with Crippen molar-refractivity contribution in [1.82, 2.24) is 0 Å². The molecule has 2 rings (SSSR count). The van der Waals surface area contributed by atoms with Crippen LogP contribution in [-0.2, 0) is 9.47 Å². The number of nitrogens with zero attached hydrogens (tertiary/aromatic N) is 1. The molecular formula is C13H17FN2O3. The molecule has 104 valence electrons. The maximum atomic E-state index is 13.9. The van der Waals surface area contributed by atoms with Crippen LogP contribution in [0.4, 0.5) is 20.6 Å². The number of amides is 1. The number of alkyl halides is 1. The molecule has 19 heavy (non-hydrogen) atoms. The van der Waals surface area contributed by atoms with Crippen LogP contribution < -0.4 is 10.2 Å². The zero-order valence-electron chi connectivity index (χ0n) is 10.8. The standard InChI is InChI=1S/C13H17FN2O3/c1-2-19-13(17)15-10-5-3-4-6-11(10)16-7-8-18-9-12(16)14/h3-6,12H,2,7-9H2,1H3,(H,15,17). The highest BCUT2D eigenvalue weighted by Crippen LogP contribution is 2.29. The van der Waals surface area contributed by atoms with Gasteiger partial charge < -0.3 is 14.4 Å². The number of morpholine rings is 1. The molecule has 1 heterocycles. The van der Waals surface area contributed by atoms with Gasteiger partial charge in [0.2, 0.25) is 0 Å². The first kappa shape index (κ1) is 13.6. The third-order valence-corrected chi connectivity index (χ3v) is 2.80. The van der Waals surface area contributed by atoms with Crippen LogP contribution in [0.1, 0.15) is 6.92 Å². The first-order valence-corrected chi connectivity index (χ1v) is 6.23. The van der Waals surface area contributed by atoms with Crippen LogP contribution in [0.25, 0.3) is 0 Å². The van der Waals surface area contributed by atoms with E-state index in [-0.39, 0.29) is 13.2 Å². The molecule has 0 aliphatic carbocycles. The number of halogens is 1. The van der Waals surface area contributed by atoms with Gasteiger partial charge in [-0.25, -0.2) is 9.18 Å². The zero-order chi connectivity index (χ0) is 13.7. The van der Waals surface area contributed by atoms with Crippen LogP contribution in [0.15, 0.2) is 24.3 Å². The second kappa shape index (κ2) is 6.38. The average molecular weight is 268 g/mol. The van der Waals surface area contributed by atoms with Gasteiger partial charge in [-0.2, -0.15) is 0 Å². The van der Waals surface area contributed by atoms with Gasteiger partial charge in [0.1, 0.15) is 0 Å². The van der Waals surface area contributed by atoms with Gasteiger partial charge in [-0.05, 0) is 19.1 Å². The van der Waals surface area contributed by atoms with Crippen molar-refractivity contribution in [2.75, 3.05) is 36.6 Å². The Morgan fingerprint density at radius 1 is 1.58 bits per heavy atom. The van der Waals surface area contributed by atoms with Gasteiger partial charge in [0.25, 0.3) is 0 Å². The highest BCUT2D eigenvalue weighted by atomic mass is 19.1. The van der Waals surface area contributed by atoms with E-state index < -0.39 is 12.4 Å². The van der Waals surface area contributed by atoms with Gasteiger partial charge in [0.15, 0.2) is 6.30 Å². The molecule has 1 unspecified atom stereocenters. The molecule has 1 atom stereocenters. The van der Waals surface area contributed by atoms with Crippen molar-refractivity contribution in [3.8, 4) is 0 Å². The topological polar surface area (TPSA) is 50.8 Å². The van der Waals surface area contributed by atoms with Crippen LogP contribution in [0.5, 0.6) is 0 Å². The predicted molar refractivity (Wildman–Crippen MR) is 70.1 cm³/mol. The Morgan fingerprint density at radius 3 is 3.11 bits per heavy atom. The number of hydrogen-bond acceptors (Lipinski definition) is 4. The van der Waals surface area contributed by atoms with E-state index in [4.69, 9.17) is 9.47 Å². The van der Waals surface area contributed by atoms with E-state index in [9.17, 15) is 9.18 Å². The Hall–Kier alpha value is -1.82. The number of ether oxygens (including phenoxy) is 2. The second-order valence-electron chi connectivity index (χ2n) is 4.07. The summed E-state index contributed by atoms with van der Waals surface area (Å²) in [5, 5.41) is 2.62. The molecular weight excluding hydrogens is 251 g/mol. The molecule has 1 fully saturated rings. The summed E-state index contributed by atoms with van der Waals surface area (Å²) < 4.78 is 23.7. The monoisotopic (exact) mass is 268 g/mol. The highest BCUT2D eigenvalue weighted by Gasteiger charge is 2.24. The normalized spacial score (nSPS) is 19.1. The smallest absolute Gasteiger partial charge is 0.411 e. The summed E-state index contributed by atoms with van der Waals surface area (Å²) in [6, 6.07) is 7.06. The number of rotatable bonds is 3. The zero-order valence-corrected chi connectivity index (χ0v) is 10.8. The number of benzene rings is 1. The first-order valence-electron chi connectivity index (χ1n) is 6.23. The number of anilines is 2. The Labute approximate surface area is 111 Å². The van der Waals surface area contributed by atoms with Crippen molar-refractivity contribution < 1.29 is 18.7 Å². The van der Waals surface area contributed by atoms with Gasteiger partial charge in [-0.1, -0.05) is 12.1 Å². The summed E-state index contributed by atoms with van der Waals surface area (Å²) >= 11 is 0. The summed E-state index contributed by atoms with van der Waals surface area (Å²) in [5.74, 6) is 0. The molecule has 0 aromatic heterocycles. The van der Waals surface area contributed by atoms with E-state index in [1.54, 1.807) is 36.1 Å². The number of nitrogens with one attached hydrogen (secondary N) is 1. The summed E-state index contributed by atoms with van der Waals surface area (Å²) in [7, 11) is 0. The largest absolute Gasteiger partial charge is 0.450 e. The fourth-order valence-corrected chi connectivity index (χ4v) is 1.95.